The maximum atomic E-state index is 5.35. The van der Waals surface area contributed by atoms with Gasteiger partial charge >= 0.3 is 0 Å². The minimum Gasteiger partial charge on any atom is -0.322 e. The summed E-state index contributed by atoms with van der Waals surface area (Å²) in [6.07, 6.45) is 1.26. The lowest BCUT2D eigenvalue weighted by Crippen LogP contribution is -2.17. The molecule has 0 spiro atoms. The van der Waals surface area contributed by atoms with E-state index in [-0.39, 0.29) is 0 Å². The van der Waals surface area contributed by atoms with E-state index in [1.807, 2.05) is 6.92 Å². The van der Waals surface area contributed by atoms with E-state index in [0.29, 0.717) is 6.10 Å². The minimum absolute atomic E-state index is 0.292. The van der Waals surface area contributed by atoms with Gasteiger partial charge in [0.1, 0.15) is 0 Å². The molecule has 0 radical (unpaired) electrons. The summed E-state index contributed by atoms with van der Waals surface area (Å²) in [4.78, 5) is 0. The number of rotatable bonds is 0. The van der Waals surface area contributed by atoms with Crippen molar-refractivity contribution in [3.05, 3.63) is 0 Å². The molecule has 0 aromatic carbocycles. The van der Waals surface area contributed by atoms with Crippen molar-refractivity contribution >= 4 is 8.53 Å². The molecular formula is C4H10NO2P. The summed E-state index contributed by atoms with van der Waals surface area (Å²) in [5, 5.41) is 0. The minimum atomic E-state index is -1.03. The standard InChI is InChI=1S/C4H10NO2P/c1-4-2-3-6-8(5)7-4/h4H,2-3,5H2,1H3. The highest BCUT2D eigenvalue weighted by Crippen LogP contribution is 2.35. The smallest absolute Gasteiger partial charge is 0.253 e. The normalized spacial score (nSPS) is 39.8. The predicted molar refractivity (Wildman–Crippen MR) is 32.2 cm³/mol. The zero-order valence-corrected chi connectivity index (χ0v) is 5.73. The molecule has 2 atom stereocenters. The fourth-order valence-electron chi connectivity index (χ4n) is 0.569. The molecule has 0 bridgehead atoms. The fraction of sp³-hybridized carbons (Fsp3) is 1.00. The van der Waals surface area contributed by atoms with Gasteiger partial charge in [0, 0.05) is 0 Å². The number of hydrogen-bond acceptors (Lipinski definition) is 3. The molecule has 2 unspecified atom stereocenters. The first-order valence-corrected chi connectivity index (χ1v) is 3.88. The fourth-order valence-corrected chi connectivity index (χ4v) is 1.38. The van der Waals surface area contributed by atoms with E-state index in [1.165, 1.54) is 0 Å². The highest BCUT2D eigenvalue weighted by molar-refractivity contribution is 7.44. The van der Waals surface area contributed by atoms with E-state index in [4.69, 9.17) is 14.6 Å². The second-order valence-corrected chi connectivity index (χ2v) is 2.86. The molecule has 0 amide bonds. The second kappa shape index (κ2) is 2.74. The lowest BCUT2D eigenvalue weighted by atomic mass is 10.3. The van der Waals surface area contributed by atoms with Gasteiger partial charge < -0.3 is 9.05 Å². The Balaban J connectivity index is 2.23. The third-order valence-corrected chi connectivity index (χ3v) is 2.03. The monoisotopic (exact) mass is 135 g/mol. The van der Waals surface area contributed by atoms with Crippen LogP contribution < -0.4 is 5.50 Å². The molecule has 8 heavy (non-hydrogen) atoms. The highest BCUT2D eigenvalue weighted by atomic mass is 31.2. The van der Waals surface area contributed by atoms with Crippen molar-refractivity contribution in [2.45, 2.75) is 19.4 Å². The van der Waals surface area contributed by atoms with Gasteiger partial charge in [0.2, 0.25) is 0 Å². The Morgan fingerprint density at radius 1 is 1.75 bits per heavy atom. The van der Waals surface area contributed by atoms with Crippen LogP contribution in [0.15, 0.2) is 0 Å². The molecule has 1 heterocycles. The lowest BCUT2D eigenvalue weighted by molar-refractivity contribution is 0.121. The van der Waals surface area contributed by atoms with Gasteiger partial charge in [0.15, 0.2) is 0 Å². The Hall–Kier alpha value is 0.310. The van der Waals surface area contributed by atoms with Crippen LogP contribution in [0.1, 0.15) is 13.3 Å². The van der Waals surface area contributed by atoms with Gasteiger partial charge in [0.25, 0.3) is 8.53 Å². The van der Waals surface area contributed by atoms with Gasteiger partial charge in [-0.15, -0.1) is 0 Å². The van der Waals surface area contributed by atoms with Crippen LogP contribution in [-0.2, 0) is 9.05 Å². The van der Waals surface area contributed by atoms with E-state index >= 15 is 0 Å². The van der Waals surface area contributed by atoms with Crippen LogP contribution >= 0.6 is 8.53 Å². The van der Waals surface area contributed by atoms with Gasteiger partial charge in [-0.1, -0.05) is 0 Å². The molecule has 4 heteroatoms. The molecule has 0 aromatic heterocycles. The van der Waals surface area contributed by atoms with Gasteiger partial charge in [-0.2, -0.15) is 0 Å². The molecule has 1 rings (SSSR count). The van der Waals surface area contributed by atoms with E-state index in [0.717, 1.165) is 13.0 Å². The predicted octanol–water partition coefficient (Wildman–Crippen LogP) is 0.997. The summed E-state index contributed by atoms with van der Waals surface area (Å²) < 4.78 is 10.1. The van der Waals surface area contributed by atoms with Gasteiger partial charge in [-0.25, -0.2) is 0 Å². The summed E-state index contributed by atoms with van der Waals surface area (Å²) in [5.74, 6) is 0. The Morgan fingerprint density at radius 2 is 2.50 bits per heavy atom. The first-order valence-electron chi connectivity index (χ1n) is 2.63. The van der Waals surface area contributed by atoms with Crippen LogP contribution in [0.25, 0.3) is 0 Å². The largest absolute Gasteiger partial charge is 0.322 e. The van der Waals surface area contributed by atoms with Crippen molar-refractivity contribution < 1.29 is 9.05 Å². The first-order chi connectivity index (χ1) is 3.79. The summed E-state index contributed by atoms with van der Waals surface area (Å²) in [6.45, 7) is 2.76. The average Bonchev–Trinajstić information content (AvgIpc) is 1.64. The average molecular weight is 135 g/mol. The lowest BCUT2D eigenvalue weighted by Gasteiger charge is -2.22. The quantitative estimate of drug-likeness (QED) is 0.504. The molecular weight excluding hydrogens is 125 g/mol. The first kappa shape index (κ1) is 6.43. The van der Waals surface area contributed by atoms with Gasteiger partial charge in [-0.05, 0) is 13.3 Å². The molecule has 0 aliphatic carbocycles. The maximum absolute atomic E-state index is 5.35. The van der Waals surface area contributed by atoms with E-state index in [2.05, 4.69) is 0 Å². The maximum Gasteiger partial charge on any atom is 0.253 e. The van der Waals surface area contributed by atoms with Crippen molar-refractivity contribution in [2.24, 2.45) is 5.50 Å². The Kier molecular flexibility index (Phi) is 2.20. The Bertz CT molecular complexity index is 72.4. The molecule has 2 N–H and O–H groups in total. The van der Waals surface area contributed by atoms with E-state index in [9.17, 15) is 0 Å². The van der Waals surface area contributed by atoms with Crippen LogP contribution in [0.4, 0.5) is 0 Å². The summed E-state index contributed by atoms with van der Waals surface area (Å²) in [6, 6.07) is 0. The zero-order chi connectivity index (χ0) is 5.98. The Labute approximate surface area is 50.1 Å². The van der Waals surface area contributed by atoms with E-state index < -0.39 is 8.53 Å². The molecule has 1 saturated heterocycles. The van der Waals surface area contributed by atoms with Crippen LogP contribution in [0.3, 0.4) is 0 Å². The molecule has 1 aliphatic heterocycles. The zero-order valence-electron chi connectivity index (χ0n) is 4.83. The molecule has 1 fully saturated rings. The number of hydrogen-bond donors (Lipinski definition) is 1. The van der Waals surface area contributed by atoms with Gasteiger partial charge in [-0.3, -0.25) is 5.50 Å². The second-order valence-electron chi connectivity index (χ2n) is 1.82. The van der Waals surface area contributed by atoms with Crippen LogP contribution in [-0.4, -0.2) is 12.7 Å². The molecule has 0 aromatic rings. The van der Waals surface area contributed by atoms with Crippen molar-refractivity contribution in [1.29, 1.82) is 0 Å². The molecule has 1 aliphatic rings. The van der Waals surface area contributed by atoms with E-state index in [1.54, 1.807) is 0 Å². The van der Waals surface area contributed by atoms with Crippen molar-refractivity contribution in [3.8, 4) is 0 Å². The van der Waals surface area contributed by atoms with Gasteiger partial charge in [0.05, 0.1) is 12.7 Å². The van der Waals surface area contributed by atoms with Crippen LogP contribution in [0, 0.1) is 0 Å². The number of nitrogens with two attached hydrogens (primary N) is 1. The van der Waals surface area contributed by atoms with Crippen molar-refractivity contribution in [2.75, 3.05) is 6.61 Å². The SMILES string of the molecule is CC1CCOP(N)O1. The molecule has 3 nitrogen and oxygen atoms in total. The highest BCUT2D eigenvalue weighted by Gasteiger charge is 2.15. The van der Waals surface area contributed by atoms with Crippen LogP contribution in [0.2, 0.25) is 0 Å². The van der Waals surface area contributed by atoms with Crippen molar-refractivity contribution in [3.63, 3.8) is 0 Å². The van der Waals surface area contributed by atoms with Crippen LogP contribution in [0.5, 0.6) is 0 Å². The summed E-state index contributed by atoms with van der Waals surface area (Å²) >= 11 is 0. The molecule has 0 saturated carbocycles. The summed E-state index contributed by atoms with van der Waals surface area (Å²) in [7, 11) is -1.03. The summed E-state index contributed by atoms with van der Waals surface area (Å²) in [5.41, 5.74) is 5.35. The third-order valence-electron chi connectivity index (χ3n) is 1.03. The Morgan fingerprint density at radius 3 is 2.88 bits per heavy atom. The third kappa shape index (κ3) is 1.67. The van der Waals surface area contributed by atoms with Crippen molar-refractivity contribution in [1.82, 2.24) is 0 Å². The topological polar surface area (TPSA) is 44.5 Å². The molecule has 48 valence electrons.